The smallest absolute Gasteiger partial charge is 0.122 e. The highest BCUT2D eigenvalue weighted by Gasteiger charge is 2.26. The third-order valence-electron chi connectivity index (χ3n) is 4.06. The average molecular weight is 273 g/mol. The van der Waals surface area contributed by atoms with Gasteiger partial charge in [0.15, 0.2) is 0 Å². The first-order valence-electron chi connectivity index (χ1n) is 7.90. The molecule has 2 unspecified atom stereocenters. The zero-order valence-electron chi connectivity index (χ0n) is 12.6. The Morgan fingerprint density at radius 3 is 3.10 bits per heavy atom. The van der Waals surface area contributed by atoms with Crippen molar-refractivity contribution in [2.75, 3.05) is 13.2 Å². The van der Waals surface area contributed by atoms with E-state index in [1.807, 2.05) is 6.08 Å². The lowest BCUT2D eigenvalue weighted by atomic mass is 9.87. The summed E-state index contributed by atoms with van der Waals surface area (Å²) in [6.07, 6.45) is 7.86. The number of hydrogen-bond donors (Lipinski definition) is 1. The van der Waals surface area contributed by atoms with E-state index in [-0.39, 0.29) is 0 Å². The second kappa shape index (κ2) is 8.11. The molecule has 2 heteroatoms. The van der Waals surface area contributed by atoms with Crippen LogP contribution in [0.15, 0.2) is 36.9 Å². The zero-order chi connectivity index (χ0) is 14.2. The summed E-state index contributed by atoms with van der Waals surface area (Å²) in [4.78, 5) is 0. The van der Waals surface area contributed by atoms with Crippen LogP contribution in [0.2, 0.25) is 0 Å². The van der Waals surface area contributed by atoms with E-state index in [1.54, 1.807) is 0 Å². The number of nitrogens with one attached hydrogen (secondary N) is 1. The summed E-state index contributed by atoms with van der Waals surface area (Å²) in [6, 6.07) is 9.00. The number of benzene rings is 1. The molecule has 1 aromatic carbocycles. The minimum absolute atomic E-state index is 0.559. The molecule has 0 saturated heterocycles. The van der Waals surface area contributed by atoms with Crippen LogP contribution in [0, 0.1) is 5.92 Å². The second-order valence-electron chi connectivity index (χ2n) is 5.66. The van der Waals surface area contributed by atoms with Crippen molar-refractivity contribution in [1.29, 1.82) is 0 Å². The number of ether oxygens (including phenoxy) is 1. The van der Waals surface area contributed by atoms with Crippen LogP contribution in [0.4, 0.5) is 0 Å². The largest absolute Gasteiger partial charge is 0.493 e. The highest BCUT2D eigenvalue weighted by molar-refractivity contribution is 5.35. The fourth-order valence-corrected chi connectivity index (χ4v) is 2.93. The summed E-state index contributed by atoms with van der Waals surface area (Å²) in [7, 11) is 0. The first-order valence-corrected chi connectivity index (χ1v) is 7.90. The molecule has 2 rings (SSSR count). The molecule has 110 valence electrons. The molecule has 0 saturated carbocycles. The maximum absolute atomic E-state index is 5.94. The van der Waals surface area contributed by atoms with E-state index in [9.17, 15) is 0 Å². The van der Waals surface area contributed by atoms with Gasteiger partial charge in [-0.3, -0.25) is 0 Å². The summed E-state index contributed by atoms with van der Waals surface area (Å²) in [5, 5.41) is 3.71. The molecule has 1 aliphatic heterocycles. The van der Waals surface area contributed by atoms with Gasteiger partial charge < -0.3 is 10.1 Å². The molecular formula is C18H27NO. The Hall–Kier alpha value is -1.28. The lowest BCUT2D eigenvalue weighted by Gasteiger charge is -2.32. The summed E-state index contributed by atoms with van der Waals surface area (Å²) in [5.74, 6) is 1.66. The van der Waals surface area contributed by atoms with Crippen molar-refractivity contribution < 1.29 is 4.74 Å². The number of hydrogen-bond acceptors (Lipinski definition) is 2. The molecule has 0 aromatic heterocycles. The minimum Gasteiger partial charge on any atom is -0.493 e. The Morgan fingerprint density at radius 2 is 2.30 bits per heavy atom. The summed E-state index contributed by atoms with van der Waals surface area (Å²) in [5.41, 5.74) is 1.36. The predicted molar refractivity (Wildman–Crippen MR) is 85.3 cm³/mol. The van der Waals surface area contributed by atoms with Crippen molar-refractivity contribution in [3.63, 3.8) is 0 Å². The molecule has 0 radical (unpaired) electrons. The molecular weight excluding hydrogens is 246 g/mol. The average Bonchev–Trinajstić information content (AvgIpc) is 2.50. The molecule has 0 amide bonds. The van der Waals surface area contributed by atoms with Gasteiger partial charge >= 0.3 is 0 Å². The monoisotopic (exact) mass is 273 g/mol. The number of para-hydroxylation sites is 1. The molecule has 2 atom stereocenters. The predicted octanol–water partition coefficient (Wildman–Crippen LogP) is 3.96. The van der Waals surface area contributed by atoms with E-state index in [4.69, 9.17) is 4.74 Å². The van der Waals surface area contributed by atoms with Gasteiger partial charge in [0.2, 0.25) is 0 Å². The number of unbranched alkanes of at least 4 members (excludes halogenated alkanes) is 1. The van der Waals surface area contributed by atoms with Gasteiger partial charge in [-0.1, -0.05) is 31.2 Å². The van der Waals surface area contributed by atoms with Gasteiger partial charge in [-0.15, -0.1) is 6.58 Å². The first kappa shape index (κ1) is 15.1. The van der Waals surface area contributed by atoms with E-state index >= 15 is 0 Å². The zero-order valence-corrected chi connectivity index (χ0v) is 12.6. The highest BCUT2D eigenvalue weighted by atomic mass is 16.5. The highest BCUT2D eigenvalue weighted by Crippen LogP contribution is 2.29. The summed E-state index contributed by atoms with van der Waals surface area (Å²) < 4.78 is 5.94. The number of rotatable bonds is 8. The van der Waals surface area contributed by atoms with Crippen LogP contribution in [0.5, 0.6) is 5.75 Å². The standard InChI is InChI=1S/C18H27NO/c1-3-5-6-10-17(19-12-4-2)16-13-15-9-7-8-11-18(15)20-14-16/h3,7-9,11,16-17,19H,1,4-6,10,12-14H2,2H3. The fraction of sp³-hybridized carbons (Fsp3) is 0.556. The van der Waals surface area contributed by atoms with Crippen molar-refractivity contribution in [3.8, 4) is 5.75 Å². The van der Waals surface area contributed by atoms with Gasteiger partial charge in [-0.05, 0) is 50.3 Å². The van der Waals surface area contributed by atoms with Crippen LogP contribution in [-0.4, -0.2) is 19.2 Å². The molecule has 0 fully saturated rings. The van der Waals surface area contributed by atoms with E-state index in [1.165, 1.54) is 24.8 Å². The van der Waals surface area contributed by atoms with Gasteiger partial charge in [-0.25, -0.2) is 0 Å². The number of fused-ring (bicyclic) bond motifs is 1. The quantitative estimate of drug-likeness (QED) is 0.572. The van der Waals surface area contributed by atoms with Gasteiger partial charge in [0.1, 0.15) is 5.75 Å². The Morgan fingerprint density at radius 1 is 1.45 bits per heavy atom. The normalized spacial score (nSPS) is 18.9. The summed E-state index contributed by atoms with van der Waals surface area (Å²) in [6.45, 7) is 7.97. The topological polar surface area (TPSA) is 21.3 Å². The molecule has 1 aliphatic rings. The van der Waals surface area contributed by atoms with E-state index in [2.05, 4.69) is 43.1 Å². The van der Waals surface area contributed by atoms with Crippen LogP contribution in [0.25, 0.3) is 0 Å². The maximum Gasteiger partial charge on any atom is 0.122 e. The Labute approximate surface area is 123 Å². The van der Waals surface area contributed by atoms with Crippen molar-refractivity contribution in [3.05, 3.63) is 42.5 Å². The van der Waals surface area contributed by atoms with Crippen LogP contribution < -0.4 is 10.1 Å². The van der Waals surface area contributed by atoms with Crippen LogP contribution in [0.1, 0.15) is 38.2 Å². The van der Waals surface area contributed by atoms with Gasteiger partial charge in [0, 0.05) is 12.0 Å². The number of allylic oxidation sites excluding steroid dienone is 1. The van der Waals surface area contributed by atoms with Gasteiger partial charge in [-0.2, -0.15) is 0 Å². The molecule has 1 heterocycles. The van der Waals surface area contributed by atoms with Crippen molar-refractivity contribution in [2.24, 2.45) is 5.92 Å². The maximum atomic E-state index is 5.94. The lowest BCUT2D eigenvalue weighted by Crippen LogP contribution is -2.42. The lowest BCUT2D eigenvalue weighted by molar-refractivity contribution is 0.178. The van der Waals surface area contributed by atoms with E-state index < -0.39 is 0 Å². The van der Waals surface area contributed by atoms with Gasteiger partial charge in [0.25, 0.3) is 0 Å². The molecule has 0 bridgehead atoms. The third-order valence-corrected chi connectivity index (χ3v) is 4.06. The van der Waals surface area contributed by atoms with E-state index in [0.29, 0.717) is 12.0 Å². The molecule has 1 N–H and O–H groups in total. The van der Waals surface area contributed by atoms with Crippen LogP contribution in [-0.2, 0) is 6.42 Å². The van der Waals surface area contributed by atoms with Crippen LogP contribution in [0.3, 0.4) is 0 Å². The Kier molecular flexibility index (Phi) is 6.13. The third kappa shape index (κ3) is 4.11. The summed E-state index contributed by atoms with van der Waals surface area (Å²) >= 11 is 0. The van der Waals surface area contributed by atoms with Crippen molar-refractivity contribution in [1.82, 2.24) is 5.32 Å². The van der Waals surface area contributed by atoms with Crippen molar-refractivity contribution in [2.45, 2.75) is 45.1 Å². The van der Waals surface area contributed by atoms with Gasteiger partial charge in [0.05, 0.1) is 6.61 Å². The Balaban J connectivity index is 1.96. The molecule has 2 nitrogen and oxygen atoms in total. The second-order valence-corrected chi connectivity index (χ2v) is 5.66. The fourth-order valence-electron chi connectivity index (χ4n) is 2.93. The molecule has 1 aromatic rings. The Bertz CT molecular complexity index is 416. The SMILES string of the molecule is C=CCCCC(NCCC)C1COc2ccccc2C1. The van der Waals surface area contributed by atoms with Crippen LogP contribution >= 0.6 is 0 Å². The van der Waals surface area contributed by atoms with Crippen molar-refractivity contribution >= 4 is 0 Å². The molecule has 0 aliphatic carbocycles. The molecule has 20 heavy (non-hydrogen) atoms. The first-order chi connectivity index (χ1) is 9.85. The molecule has 0 spiro atoms. The van der Waals surface area contributed by atoms with E-state index in [0.717, 1.165) is 31.7 Å². The minimum atomic E-state index is 0.559.